The van der Waals surface area contributed by atoms with Crippen molar-refractivity contribution in [3.63, 3.8) is 0 Å². The van der Waals surface area contributed by atoms with Crippen molar-refractivity contribution in [3.05, 3.63) is 52.6 Å². The Kier molecular flexibility index (Phi) is 3.58. The van der Waals surface area contributed by atoms with Gasteiger partial charge in [0.25, 0.3) is 0 Å². The highest BCUT2D eigenvalue weighted by atomic mass is 19.4. The van der Waals surface area contributed by atoms with Gasteiger partial charge in [-0.15, -0.1) is 0 Å². The van der Waals surface area contributed by atoms with Gasteiger partial charge >= 0.3 is 6.18 Å². The summed E-state index contributed by atoms with van der Waals surface area (Å²) in [5, 5.41) is 15.2. The van der Waals surface area contributed by atoms with Gasteiger partial charge in [-0.05, 0) is 18.6 Å². The maximum atomic E-state index is 13.6. The summed E-state index contributed by atoms with van der Waals surface area (Å²) in [4.78, 5) is 14.1. The molecule has 0 aliphatic rings. The number of hydrogen-bond acceptors (Lipinski definition) is 3. The zero-order valence-electron chi connectivity index (χ0n) is 14.0. The zero-order chi connectivity index (χ0) is 19.3. The lowest BCUT2D eigenvalue weighted by molar-refractivity contribution is -0.142. The normalized spacial score (nSPS) is 11.8. The molecular weight excluding hydrogens is 357 g/mol. The molecule has 0 fully saturated rings. The van der Waals surface area contributed by atoms with Crippen molar-refractivity contribution in [1.29, 1.82) is 5.26 Å². The Labute approximate surface area is 150 Å². The quantitative estimate of drug-likeness (QED) is 0.591. The van der Waals surface area contributed by atoms with E-state index in [4.69, 9.17) is 0 Å². The molecule has 0 aliphatic carbocycles. The summed E-state index contributed by atoms with van der Waals surface area (Å²) in [5.41, 5.74) is 0.0170. The minimum absolute atomic E-state index is 0.122. The number of aryl methyl sites for hydroxylation is 1. The number of rotatable bonds is 2. The van der Waals surface area contributed by atoms with Crippen LogP contribution < -0.4 is 5.35 Å². The van der Waals surface area contributed by atoms with Crippen LogP contribution in [0.25, 0.3) is 27.4 Å². The fourth-order valence-electron chi connectivity index (χ4n) is 3.32. The Morgan fingerprint density at radius 3 is 2.63 bits per heavy atom. The summed E-state index contributed by atoms with van der Waals surface area (Å²) in [6.07, 6.45) is -4.27. The second-order valence-electron chi connectivity index (χ2n) is 6.04. The van der Waals surface area contributed by atoms with Gasteiger partial charge in [0.1, 0.15) is 17.1 Å². The molecule has 0 unspecified atom stereocenters. The van der Waals surface area contributed by atoms with Gasteiger partial charge in [-0.25, -0.2) is 9.48 Å². The fraction of sp³-hybridized carbons (Fsp3) is 0.158. The second kappa shape index (κ2) is 5.73. The van der Waals surface area contributed by atoms with Crippen LogP contribution in [0.5, 0.6) is 0 Å². The van der Waals surface area contributed by atoms with Crippen LogP contribution in [0.4, 0.5) is 13.2 Å². The van der Waals surface area contributed by atoms with Crippen molar-refractivity contribution in [3.8, 4) is 11.8 Å². The zero-order valence-corrected chi connectivity index (χ0v) is 14.0. The lowest BCUT2D eigenvalue weighted by atomic mass is 10.0. The van der Waals surface area contributed by atoms with Gasteiger partial charge in [0.05, 0.1) is 22.5 Å². The molecule has 8 heteroatoms. The van der Waals surface area contributed by atoms with E-state index in [1.807, 2.05) is 6.07 Å². The van der Waals surface area contributed by atoms with E-state index >= 15 is 0 Å². The van der Waals surface area contributed by atoms with Crippen LogP contribution in [0.15, 0.2) is 30.3 Å². The number of carbonyl (C=O) groups excluding carboxylic acids is 1. The largest absolute Gasteiger partial charge is 0.433 e. The number of aromatic nitrogens is 3. The van der Waals surface area contributed by atoms with Gasteiger partial charge in [0.2, 0.25) is 0 Å². The van der Waals surface area contributed by atoms with Gasteiger partial charge in [0, 0.05) is 16.2 Å². The van der Waals surface area contributed by atoms with Gasteiger partial charge in [-0.1, -0.05) is 25.1 Å². The molecule has 0 amide bonds. The van der Waals surface area contributed by atoms with E-state index < -0.39 is 11.9 Å². The molecule has 0 spiro atoms. The lowest BCUT2D eigenvalue weighted by Crippen LogP contribution is -2.13. The van der Waals surface area contributed by atoms with E-state index in [1.165, 1.54) is 6.07 Å². The van der Waals surface area contributed by atoms with Crippen LogP contribution in [0.3, 0.4) is 0 Å². The van der Waals surface area contributed by atoms with E-state index in [0.717, 1.165) is 10.7 Å². The monoisotopic (exact) mass is 368 g/mol. The van der Waals surface area contributed by atoms with E-state index in [-0.39, 0.29) is 22.3 Å². The van der Waals surface area contributed by atoms with Crippen LogP contribution in [0.1, 0.15) is 23.9 Å². The van der Waals surface area contributed by atoms with Crippen LogP contribution in [-0.4, -0.2) is 20.7 Å². The summed E-state index contributed by atoms with van der Waals surface area (Å²) >= 11 is 0. The molecule has 0 saturated heterocycles. The van der Waals surface area contributed by atoms with E-state index in [1.54, 1.807) is 31.1 Å². The Morgan fingerprint density at radius 1 is 1.26 bits per heavy atom. The molecule has 1 N–H and O–H groups in total. The van der Waals surface area contributed by atoms with E-state index in [9.17, 15) is 23.2 Å². The van der Waals surface area contributed by atoms with Gasteiger partial charge in [-0.3, -0.25) is 0 Å². The molecular formula is C19H11F3N4O. The minimum atomic E-state index is -4.61. The number of nitrogens with one attached hydrogen (secondary N) is 1. The summed E-state index contributed by atoms with van der Waals surface area (Å²) in [5.74, 6) is 1.77. The molecule has 0 saturated carbocycles. The maximum absolute atomic E-state index is 13.6. The third kappa shape index (κ3) is 2.40. The first-order chi connectivity index (χ1) is 12.9. The number of nitrogens with zero attached hydrogens (tertiary/aromatic N) is 3. The van der Waals surface area contributed by atoms with Gasteiger partial charge < -0.3 is 4.98 Å². The molecule has 0 atom stereocenters. The highest BCUT2D eigenvalue weighted by molar-refractivity contribution is 6.14. The van der Waals surface area contributed by atoms with Gasteiger partial charge in [-0.2, -0.15) is 23.5 Å². The highest BCUT2D eigenvalue weighted by Gasteiger charge is 2.36. The Balaban J connectivity index is 2.20. The third-order valence-corrected chi connectivity index (χ3v) is 4.52. The molecule has 0 bridgehead atoms. The summed E-state index contributed by atoms with van der Waals surface area (Å²) < 4.78 is 41.5. The molecule has 2 aromatic heterocycles. The number of alkyl halides is 3. The number of aromatic amines is 1. The molecule has 0 radical (unpaired) electrons. The van der Waals surface area contributed by atoms with Gasteiger partial charge in [0.15, 0.2) is 5.94 Å². The first kappa shape index (κ1) is 16.9. The molecule has 27 heavy (non-hydrogen) atoms. The number of H-pyrrole nitrogens is 1. The fourth-order valence-corrected chi connectivity index (χ4v) is 3.32. The molecule has 2 aromatic carbocycles. The number of benzene rings is 2. The smallest absolute Gasteiger partial charge is 0.344 e. The Morgan fingerprint density at radius 2 is 2.00 bits per heavy atom. The molecule has 4 aromatic rings. The van der Waals surface area contributed by atoms with Crippen LogP contribution in [-0.2, 0) is 17.4 Å². The van der Waals surface area contributed by atoms with Crippen molar-refractivity contribution in [2.45, 2.75) is 19.5 Å². The van der Waals surface area contributed by atoms with Crippen molar-refractivity contribution in [1.82, 2.24) is 14.8 Å². The standard InChI is InChI=1S/C19H11F3N4O/c1-2-11-7-16(19(20,21)22)26(25-11)15-6-10(8-23)18-17-12(14(9-27)24-18)4-3-5-13(15)17/h3-7,24H,2H2,1H3. The van der Waals surface area contributed by atoms with Crippen LogP contribution in [0, 0.1) is 11.3 Å². The predicted molar refractivity (Wildman–Crippen MR) is 92.0 cm³/mol. The van der Waals surface area contributed by atoms with E-state index in [0.29, 0.717) is 28.1 Å². The van der Waals surface area contributed by atoms with E-state index in [2.05, 4.69) is 10.1 Å². The average Bonchev–Trinajstić information content (AvgIpc) is 3.25. The second-order valence-corrected chi connectivity index (χ2v) is 6.04. The molecule has 0 aliphatic heterocycles. The van der Waals surface area contributed by atoms with Crippen molar-refractivity contribution >= 4 is 27.6 Å². The molecule has 134 valence electrons. The van der Waals surface area contributed by atoms with Crippen molar-refractivity contribution < 1.29 is 18.0 Å². The van der Waals surface area contributed by atoms with Crippen LogP contribution >= 0.6 is 0 Å². The van der Waals surface area contributed by atoms with Crippen molar-refractivity contribution in [2.24, 2.45) is 0 Å². The highest BCUT2D eigenvalue weighted by Crippen LogP contribution is 2.36. The lowest BCUT2D eigenvalue weighted by Gasteiger charge is -2.13. The van der Waals surface area contributed by atoms with Crippen LogP contribution in [0.2, 0.25) is 0 Å². The first-order valence-electron chi connectivity index (χ1n) is 8.07. The minimum Gasteiger partial charge on any atom is -0.344 e. The number of hydrogen-bond donors (Lipinski definition) is 1. The molecule has 5 nitrogen and oxygen atoms in total. The Hall–Kier alpha value is -3.56. The van der Waals surface area contributed by atoms with Crippen molar-refractivity contribution in [2.75, 3.05) is 0 Å². The first-order valence-corrected chi connectivity index (χ1v) is 8.07. The summed E-state index contributed by atoms with van der Waals surface area (Å²) in [6.45, 7) is 1.71. The number of halogens is 3. The molecule has 2 heterocycles. The SMILES string of the molecule is CCc1cc(C(F)(F)F)n(-c2cc(C#N)c3[nH]c(=C=O)c4cccc2c34)n1. The average molecular weight is 368 g/mol. The maximum Gasteiger partial charge on any atom is 0.433 e. The number of nitriles is 1. The third-order valence-electron chi connectivity index (χ3n) is 4.52. The topological polar surface area (TPSA) is 74.5 Å². The summed E-state index contributed by atoms with van der Waals surface area (Å²) in [6, 6.07) is 9.27. The predicted octanol–water partition coefficient (Wildman–Crippen LogP) is 3.18. The summed E-state index contributed by atoms with van der Waals surface area (Å²) in [7, 11) is 0. The Bertz CT molecular complexity index is 1320. The molecule has 4 rings (SSSR count).